The van der Waals surface area contributed by atoms with Crippen molar-refractivity contribution >= 4 is 40.1 Å². The van der Waals surface area contributed by atoms with Gasteiger partial charge in [-0.25, -0.2) is 9.37 Å². The van der Waals surface area contributed by atoms with Gasteiger partial charge in [-0.3, -0.25) is 14.3 Å². The van der Waals surface area contributed by atoms with E-state index >= 15 is 0 Å². The Morgan fingerprint density at radius 3 is 2.69 bits per heavy atom. The molecule has 3 heterocycles. The Balaban J connectivity index is 2.02. The smallest absolute Gasteiger partial charge is 0.267 e. The lowest BCUT2D eigenvalue weighted by molar-refractivity contribution is 0.505. The van der Waals surface area contributed by atoms with Gasteiger partial charge in [0.05, 0.1) is 40.0 Å². The molecule has 4 aromatic rings. The lowest BCUT2D eigenvalue weighted by Crippen LogP contribution is -2.29. The standard InChI is InChI=1S/C23H21ClFN9O/c1-11(2)6-17(30-20-14(8-26)19(27)32-23(28)33-20)21-31-16-5-3-4-15(24)18(16)22(35)34(21)13-7-12(25)9-29-10-13/h3-5,7,9-11,17H,6H2,1-2H3,(H5,27,28,30,32,33). The first-order valence-electron chi connectivity index (χ1n) is 10.6. The van der Waals surface area contributed by atoms with Crippen LogP contribution in [0.5, 0.6) is 0 Å². The highest BCUT2D eigenvalue weighted by atomic mass is 35.5. The summed E-state index contributed by atoms with van der Waals surface area (Å²) >= 11 is 6.33. The van der Waals surface area contributed by atoms with E-state index in [1.165, 1.54) is 16.8 Å². The second-order valence-corrected chi connectivity index (χ2v) is 8.64. The number of nitrogens with one attached hydrogen (secondary N) is 1. The molecule has 35 heavy (non-hydrogen) atoms. The molecule has 0 aliphatic carbocycles. The van der Waals surface area contributed by atoms with Crippen LogP contribution in [0.3, 0.4) is 0 Å². The van der Waals surface area contributed by atoms with E-state index in [4.69, 9.17) is 28.1 Å². The number of pyridine rings is 1. The van der Waals surface area contributed by atoms with Crippen LogP contribution in [0.1, 0.15) is 37.7 Å². The minimum absolute atomic E-state index is 0.00175. The molecule has 1 atom stereocenters. The normalized spacial score (nSPS) is 12.0. The monoisotopic (exact) mass is 493 g/mol. The lowest BCUT2D eigenvalue weighted by Gasteiger charge is -2.25. The second kappa shape index (κ2) is 9.52. The fourth-order valence-electron chi connectivity index (χ4n) is 3.79. The van der Waals surface area contributed by atoms with Crippen LogP contribution in [0, 0.1) is 23.1 Å². The zero-order valence-corrected chi connectivity index (χ0v) is 19.6. The predicted molar refractivity (Wildman–Crippen MR) is 131 cm³/mol. The SMILES string of the molecule is CC(C)CC(Nc1nc(N)nc(N)c1C#N)c1nc2cccc(Cl)c2c(=O)n1-c1cncc(F)c1. The van der Waals surface area contributed by atoms with Crippen LogP contribution in [0.2, 0.25) is 5.02 Å². The van der Waals surface area contributed by atoms with Gasteiger partial charge < -0.3 is 16.8 Å². The summed E-state index contributed by atoms with van der Waals surface area (Å²) in [7, 11) is 0. The lowest BCUT2D eigenvalue weighted by atomic mass is 10.0. The van der Waals surface area contributed by atoms with Crippen molar-refractivity contribution in [1.29, 1.82) is 5.26 Å². The summed E-state index contributed by atoms with van der Waals surface area (Å²) in [5.41, 5.74) is 11.7. The summed E-state index contributed by atoms with van der Waals surface area (Å²) in [5.74, 6) is -0.400. The predicted octanol–water partition coefficient (Wildman–Crippen LogP) is 3.60. The maximum Gasteiger partial charge on any atom is 0.267 e. The summed E-state index contributed by atoms with van der Waals surface area (Å²) in [6.07, 6.45) is 2.84. The molecule has 3 aromatic heterocycles. The first kappa shape index (κ1) is 23.8. The highest BCUT2D eigenvalue weighted by molar-refractivity contribution is 6.35. The van der Waals surface area contributed by atoms with Gasteiger partial charge in [0.1, 0.15) is 29.1 Å². The fourth-order valence-corrected chi connectivity index (χ4v) is 4.04. The molecule has 178 valence electrons. The molecule has 0 amide bonds. The Hall–Kier alpha value is -4.30. The van der Waals surface area contributed by atoms with E-state index in [1.54, 1.807) is 18.2 Å². The van der Waals surface area contributed by atoms with Gasteiger partial charge in [0, 0.05) is 6.07 Å². The first-order valence-corrected chi connectivity index (χ1v) is 11.0. The number of benzene rings is 1. The van der Waals surface area contributed by atoms with Crippen LogP contribution < -0.4 is 22.3 Å². The van der Waals surface area contributed by atoms with E-state index in [1.807, 2.05) is 19.9 Å². The summed E-state index contributed by atoms with van der Waals surface area (Å²) in [5, 5.41) is 13.2. The number of nitriles is 1. The van der Waals surface area contributed by atoms with Crippen molar-refractivity contribution in [3.05, 3.63) is 69.2 Å². The van der Waals surface area contributed by atoms with Gasteiger partial charge in [-0.1, -0.05) is 31.5 Å². The topological polar surface area (TPSA) is 161 Å². The molecule has 0 bridgehead atoms. The molecule has 1 unspecified atom stereocenters. The van der Waals surface area contributed by atoms with E-state index < -0.39 is 17.4 Å². The molecule has 10 nitrogen and oxygen atoms in total. The van der Waals surface area contributed by atoms with E-state index in [9.17, 15) is 14.4 Å². The minimum atomic E-state index is -0.671. The molecule has 12 heteroatoms. The molecule has 0 fully saturated rings. The molecular formula is C23H21ClFN9O. The Bertz CT molecular complexity index is 1530. The van der Waals surface area contributed by atoms with Gasteiger partial charge in [0.25, 0.3) is 5.56 Å². The highest BCUT2D eigenvalue weighted by Crippen LogP contribution is 2.30. The Kier molecular flexibility index (Phi) is 6.48. The number of aromatic nitrogens is 5. The van der Waals surface area contributed by atoms with Gasteiger partial charge in [0.15, 0.2) is 5.82 Å². The van der Waals surface area contributed by atoms with Crippen molar-refractivity contribution < 1.29 is 4.39 Å². The molecule has 1 aromatic carbocycles. The summed E-state index contributed by atoms with van der Waals surface area (Å²) in [6, 6.07) is 7.40. The number of rotatable bonds is 6. The van der Waals surface area contributed by atoms with E-state index in [-0.39, 0.29) is 51.0 Å². The van der Waals surface area contributed by atoms with Crippen LogP contribution in [0.15, 0.2) is 41.5 Å². The Labute approximate surface area is 204 Å². The van der Waals surface area contributed by atoms with Crippen molar-refractivity contribution in [1.82, 2.24) is 24.5 Å². The van der Waals surface area contributed by atoms with Gasteiger partial charge in [-0.05, 0) is 24.5 Å². The first-order chi connectivity index (χ1) is 16.7. The molecule has 0 aliphatic rings. The third-order valence-corrected chi connectivity index (χ3v) is 5.53. The number of hydrogen-bond acceptors (Lipinski definition) is 9. The number of nitrogen functional groups attached to an aromatic ring is 2. The zero-order chi connectivity index (χ0) is 25.3. The average molecular weight is 494 g/mol. The Morgan fingerprint density at radius 1 is 1.23 bits per heavy atom. The number of anilines is 3. The number of nitrogens with two attached hydrogens (primary N) is 2. The molecule has 0 aliphatic heterocycles. The fraction of sp³-hybridized carbons (Fsp3) is 0.217. The van der Waals surface area contributed by atoms with Crippen LogP contribution >= 0.6 is 11.6 Å². The Morgan fingerprint density at radius 2 is 2.00 bits per heavy atom. The summed E-state index contributed by atoms with van der Waals surface area (Å²) in [4.78, 5) is 30.3. The van der Waals surface area contributed by atoms with Crippen molar-refractivity contribution in [2.75, 3.05) is 16.8 Å². The van der Waals surface area contributed by atoms with Gasteiger partial charge in [-0.2, -0.15) is 15.2 Å². The number of hydrogen-bond donors (Lipinski definition) is 3. The molecule has 4 rings (SSSR count). The number of halogens is 2. The quantitative estimate of drug-likeness (QED) is 0.364. The molecule has 0 spiro atoms. The van der Waals surface area contributed by atoms with Gasteiger partial charge in [0.2, 0.25) is 5.95 Å². The van der Waals surface area contributed by atoms with E-state index in [2.05, 4.69) is 20.3 Å². The van der Waals surface area contributed by atoms with Crippen molar-refractivity contribution in [2.24, 2.45) is 5.92 Å². The maximum atomic E-state index is 14.1. The largest absolute Gasteiger partial charge is 0.382 e. The summed E-state index contributed by atoms with van der Waals surface area (Å²) in [6.45, 7) is 3.96. The van der Waals surface area contributed by atoms with Crippen molar-refractivity contribution in [3.63, 3.8) is 0 Å². The van der Waals surface area contributed by atoms with Crippen molar-refractivity contribution in [2.45, 2.75) is 26.3 Å². The number of nitrogens with zero attached hydrogens (tertiary/aromatic N) is 6. The van der Waals surface area contributed by atoms with Crippen LogP contribution in [-0.4, -0.2) is 24.5 Å². The molecule has 0 saturated heterocycles. The van der Waals surface area contributed by atoms with Gasteiger partial charge >= 0.3 is 0 Å². The minimum Gasteiger partial charge on any atom is -0.382 e. The average Bonchev–Trinajstić information content (AvgIpc) is 2.78. The van der Waals surface area contributed by atoms with Crippen LogP contribution in [-0.2, 0) is 0 Å². The van der Waals surface area contributed by atoms with Gasteiger partial charge in [-0.15, -0.1) is 0 Å². The van der Waals surface area contributed by atoms with E-state index in [0.717, 1.165) is 6.20 Å². The number of fused-ring (bicyclic) bond motifs is 1. The van der Waals surface area contributed by atoms with Crippen molar-refractivity contribution in [3.8, 4) is 11.8 Å². The summed E-state index contributed by atoms with van der Waals surface area (Å²) < 4.78 is 15.4. The zero-order valence-electron chi connectivity index (χ0n) is 18.8. The maximum absolute atomic E-state index is 14.1. The van der Waals surface area contributed by atoms with Crippen LogP contribution in [0.25, 0.3) is 16.6 Å². The molecule has 0 radical (unpaired) electrons. The third-order valence-electron chi connectivity index (χ3n) is 5.22. The second-order valence-electron chi connectivity index (χ2n) is 8.23. The van der Waals surface area contributed by atoms with Crippen LogP contribution in [0.4, 0.5) is 22.0 Å². The third kappa shape index (κ3) is 4.69. The highest BCUT2D eigenvalue weighted by Gasteiger charge is 2.25. The van der Waals surface area contributed by atoms with E-state index in [0.29, 0.717) is 11.9 Å². The molecular weight excluding hydrogens is 473 g/mol. The molecule has 5 N–H and O–H groups in total. The molecule has 0 saturated carbocycles.